The topological polar surface area (TPSA) is 58.2 Å². The predicted octanol–water partition coefficient (Wildman–Crippen LogP) is 2.54. The first-order chi connectivity index (χ1) is 8.94. The second-order valence-corrected chi connectivity index (χ2v) is 7.05. The van der Waals surface area contributed by atoms with Gasteiger partial charge in [0.2, 0.25) is 10.0 Å². The maximum atomic E-state index is 12.2. The smallest absolute Gasteiger partial charge is 0.242 e. The Morgan fingerprint density at radius 3 is 2.53 bits per heavy atom. The van der Waals surface area contributed by atoms with Crippen molar-refractivity contribution >= 4 is 33.2 Å². The van der Waals surface area contributed by atoms with Crippen LogP contribution in [-0.2, 0) is 16.6 Å². The van der Waals surface area contributed by atoms with Crippen molar-refractivity contribution in [3.63, 3.8) is 0 Å². The molecule has 1 aliphatic carbocycles. The van der Waals surface area contributed by atoms with E-state index >= 15 is 0 Å². The number of hydrogen-bond acceptors (Lipinski definition) is 3. The van der Waals surface area contributed by atoms with Gasteiger partial charge in [0.25, 0.3) is 0 Å². The van der Waals surface area contributed by atoms with Crippen LogP contribution in [-0.4, -0.2) is 21.0 Å². The minimum Gasteiger partial charge on any atom is -0.313 e. The zero-order valence-electron chi connectivity index (χ0n) is 10.5. The largest absolute Gasteiger partial charge is 0.313 e. The van der Waals surface area contributed by atoms with Crippen LogP contribution in [0.5, 0.6) is 0 Å². The van der Waals surface area contributed by atoms with Crippen molar-refractivity contribution in [3.8, 4) is 0 Å². The van der Waals surface area contributed by atoms with Crippen LogP contribution in [0.15, 0.2) is 17.0 Å². The third-order valence-corrected chi connectivity index (χ3v) is 5.19. The second-order valence-electron chi connectivity index (χ2n) is 4.55. The first-order valence-electron chi connectivity index (χ1n) is 6.15. The highest BCUT2D eigenvalue weighted by molar-refractivity contribution is 7.89. The molecule has 2 N–H and O–H groups in total. The maximum absolute atomic E-state index is 12.2. The van der Waals surface area contributed by atoms with Gasteiger partial charge in [-0.15, -0.1) is 0 Å². The lowest BCUT2D eigenvalue weighted by molar-refractivity contribution is 0.581. The lowest BCUT2D eigenvalue weighted by atomic mass is 10.2. The van der Waals surface area contributed by atoms with E-state index in [0.717, 1.165) is 24.9 Å². The molecule has 0 atom stereocenters. The molecule has 0 bridgehead atoms. The molecule has 2 rings (SSSR count). The molecule has 0 saturated heterocycles. The number of nitrogens with one attached hydrogen (secondary N) is 2. The fourth-order valence-corrected chi connectivity index (χ4v) is 3.83. The Morgan fingerprint density at radius 1 is 1.26 bits per heavy atom. The van der Waals surface area contributed by atoms with Gasteiger partial charge in [0.05, 0.1) is 5.02 Å². The Kier molecular flexibility index (Phi) is 4.74. The Balaban J connectivity index is 2.32. The molecule has 106 valence electrons. The van der Waals surface area contributed by atoms with Gasteiger partial charge >= 0.3 is 0 Å². The molecule has 0 spiro atoms. The average molecular weight is 323 g/mol. The van der Waals surface area contributed by atoms with Crippen LogP contribution in [0.25, 0.3) is 0 Å². The summed E-state index contributed by atoms with van der Waals surface area (Å²) < 4.78 is 27.0. The molecule has 0 unspecified atom stereocenters. The second kappa shape index (κ2) is 5.97. The number of benzene rings is 1. The van der Waals surface area contributed by atoms with Gasteiger partial charge in [-0.05, 0) is 37.1 Å². The summed E-state index contributed by atoms with van der Waals surface area (Å²) in [6.45, 7) is 3.26. The van der Waals surface area contributed by atoms with Crippen molar-refractivity contribution in [2.24, 2.45) is 0 Å². The van der Waals surface area contributed by atoms with Crippen molar-refractivity contribution in [3.05, 3.63) is 27.7 Å². The summed E-state index contributed by atoms with van der Waals surface area (Å²) in [5.41, 5.74) is 0.726. The van der Waals surface area contributed by atoms with Crippen LogP contribution in [0.1, 0.15) is 25.3 Å². The van der Waals surface area contributed by atoms with E-state index in [-0.39, 0.29) is 16.0 Å². The molecule has 1 aliphatic rings. The highest BCUT2D eigenvalue weighted by Crippen LogP contribution is 2.30. The molecule has 7 heteroatoms. The summed E-state index contributed by atoms with van der Waals surface area (Å²) in [6.07, 6.45) is 1.77. The maximum Gasteiger partial charge on any atom is 0.242 e. The van der Waals surface area contributed by atoms with E-state index in [1.165, 1.54) is 12.1 Å². The van der Waals surface area contributed by atoms with Crippen molar-refractivity contribution in [1.82, 2.24) is 10.0 Å². The normalized spacial score (nSPS) is 15.7. The van der Waals surface area contributed by atoms with E-state index in [0.29, 0.717) is 11.6 Å². The fourth-order valence-electron chi connectivity index (χ4n) is 1.66. The molecule has 19 heavy (non-hydrogen) atoms. The summed E-state index contributed by atoms with van der Waals surface area (Å²) in [5, 5.41) is 3.73. The van der Waals surface area contributed by atoms with Gasteiger partial charge in [0.1, 0.15) is 4.90 Å². The third kappa shape index (κ3) is 3.83. The molecule has 0 aromatic heterocycles. The lowest BCUT2D eigenvalue weighted by Crippen LogP contribution is -2.26. The monoisotopic (exact) mass is 322 g/mol. The Morgan fingerprint density at radius 2 is 1.95 bits per heavy atom. The summed E-state index contributed by atoms with van der Waals surface area (Å²) in [6, 6.07) is 3.07. The summed E-state index contributed by atoms with van der Waals surface area (Å²) in [7, 11) is -3.56. The molecule has 0 radical (unpaired) electrons. The van der Waals surface area contributed by atoms with Crippen molar-refractivity contribution < 1.29 is 8.42 Å². The summed E-state index contributed by atoms with van der Waals surface area (Å²) in [5.74, 6) is 0. The third-order valence-electron chi connectivity index (χ3n) is 2.86. The number of sulfonamides is 1. The van der Waals surface area contributed by atoms with Crippen LogP contribution in [0.3, 0.4) is 0 Å². The molecule has 0 amide bonds. The molecular weight excluding hydrogens is 307 g/mol. The fraction of sp³-hybridized carbons (Fsp3) is 0.500. The Hall–Kier alpha value is -0.330. The summed E-state index contributed by atoms with van der Waals surface area (Å²) >= 11 is 12.1. The highest BCUT2D eigenvalue weighted by Gasteiger charge is 2.29. The van der Waals surface area contributed by atoms with Crippen LogP contribution in [0, 0.1) is 0 Å². The van der Waals surface area contributed by atoms with Gasteiger partial charge in [-0.3, -0.25) is 0 Å². The van der Waals surface area contributed by atoms with E-state index in [1.807, 2.05) is 6.92 Å². The highest BCUT2D eigenvalue weighted by atomic mass is 35.5. The van der Waals surface area contributed by atoms with Crippen LogP contribution >= 0.6 is 23.2 Å². The van der Waals surface area contributed by atoms with Gasteiger partial charge in [-0.25, -0.2) is 13.1 Å². The van der Waals surface area contributed by atoms with Crippen molar-refractivity contribution in [1.29, 1.82) is 0 Å². The average Bonchev–Trinajstić information content (AvgIpc) is 3.10. The molecule has 0 aliphatic heterocycles. The summed E-state index contributed by atoms with van der Waals surface area (Å²) in [4.78, 5) is 0.0957. The molecule has 1 saturated carbocycles. The van der Waals surface area contributed by atoms with E-state index < -0.39 is 10.0 Å². The quantitative estimate of drug-likeness (QED) is 0.846. The van der Waals surface area contributed by atoms with Crippen molar-refractivity contribution in [2.75, 3.05) is 6.54 Å². The molecule has 0 heterocycles. The van der Waals surface area contributed by atoms with Gasteiger partial charge in [0, 0.05) is 17.6 Å². The van der Waals surface area contributed by atoms with E-state index in [4.69, 9.17) is 23.2 Å². The molecular formula is C12H16Cl2N2O2S. The van der Waals surface area contributed by atoms with Gasteiger partial charge in [-0.2, -0.15) is 0 Å². The van der Waals surface area contributed by atoms with Crippen LogP contribution in [0.4, 0.5) is 0 Å². The number of hydrogen-bond donors (Lipinski definition) is 2. The van der Waals surface area contributed by atoms with Crippen LogP contribution < -0.4 is 10.0 Å². The number of halogens is 2. The minimum absolute atomic E-state index is 0.0500. The predicted molar refractivity (Wildman–Crippen MR) is 77.2 cm³/mol. The Labute approximate surface area is 123 Å². The molecule has 1 fully saturated rings. The standard InChI is InChI=1S/C12H16Cl2N2O2S/c1-2-15-7-8-5-12(11(14)6-10(8)13)19(17,18)16-9-3-4-9/h5-6,9,15-16H,2-4,7H2,1H3. The van der Waals surface area contributed by atoms with E-state index in [2.05, 4.69) is 10.0 Å². The van der Waals surface area contributed by atoms with Gasteiger partial charge in [0.15, 0.2) is 0 Å². The van der Waals surface area contributed by atoms with E-state index in [1.54, 1.807) is 0 Å². The Bertz CT molecular complexity index is 571. The van der Waals surface area contributed by atoms with Gasteiger partial charge in [-0.1, -0.05) is 30.1 Å². The van der Waals surface area contributed by atoms with Crippen molar-refractivity contribution in [2.45, 2.75) is 37.2 Å². The lowest BCUT2D eigenvalue weighted by Gasteiger charge is -2.11. The van der Waals surface area contributed by atoms with E-state index in [9.17, 15) is 8.42 Å². The number of rotatable bonds is 6. The SMILES string of the molecule is CCNCc1cc(S(=O)(=O)NC2CC2)c(Cl)cc1Cl. The molecule has 1 aromatic carbocycles. The first-order valence-corrected chi connectivity index (χ1v) is 8.39. The minimum atomic E-state index is -3.56. The zero-order valence-corrected chi connectivity index (χ0v) is 12.9. The first kappa shape index (κ1) is 15.1. The van der Waals surface area contributed by atoms with Gasteiger partial charge < -0.3 is 5.32 Å². The zero-order chi connectivity index (χ0) is 14.0. The molecule has 1 aromatic rings. The van der Waals surface area contributed by atoms with Crippen LogP contribution in [0.2, 0.25) is 10.0 Å². The molecule has 4 nitrogen and oxygen atoms in total.